The monoisotopic (exact) mass is 376 g/mol. The van der Waals surface area contributed by atoms with Crippen LogP contribution in [0.25, 0.3) is 16.9 Å². The number of fused-ring (bicyclic) bond motifs is 1. The van der Waals surface area contributed by atoms with E-state index in [0.29, 0.717) is 27.5 Å². The Morgan fingerprint density at radius 3 is 2.54 bits per heavy atom. The Balaban J connectivity index is 2.20. The third-order valence-electron chi connectivity index (χ3n) is 3.92. The van der Waals surface area contributed by atoms with Crippen molar-refractivity contribution in [3.63, 3.8) is 0 Å². The molecule has 1 atom stereocenters. The third kappa shape index (κ3) is 3.16. The topological polar surface area (TPSA) is 68.5 Å². The summed E-state index contributed by atoms with van der Waals surface area (Å²) >= 11 is 0. The Morgan fingerprint density at radius 1 is 1.23 bits per heavy atom. The normalized spacial score (nSPS) is 13.0. The first-order chi connectivity index (χ1) is 12.3. The van der Waals surface area contributed by atoms with Gasteiger partial charge in [-0.3, -0.25) is 8.61 Å². The van der Waals surface area contributed by atoms with Crippen molar-refractivity contribution in [2.24, 2.45) is 0 Å². The highest BCUT2D eigenvalue weighted by molar-refractivity contribution is 7.86. The molecule has 0 aliphatic rings. The van der Waals surface area contributed by atoms with Crippen LogP contribution in [0.15, 0.2) is 35.6 Å². The molecular weight excluding hydrogens is 355 g/mol. The predicted octanol–water partition coefficient (Wildman–Crippen LogP) is 3.49. The van der Waals surface area contributed by atoms with E-state index in [0.717, 1.165) is 0 Å². The van der Waals surface area contributed by atoms with E-state index in [9.17, 15) is 8.60 Å². The van der Waals surface area contributed by atoms with Crippen LogP contribution in [0.5, 0.6) is 5.75 Å². The summed E-state index contributed by atoms with van der Waals surface area (Å²) in [6.45, 7) is 5.70. The molecule has 0 aliphatic heterocycles. The second kappa shape index (κ2) is 6.68. The zero-order valence-electron chi connectivity index (χ0n) is 15.3. The molecule has 0 fully saturated rings. The molecule has 1 N–H and O–H groups in total. The first-order valence-corrected chi connectivity index (χ1v) is 9.22. The highest BCUT2D eigenvalue weighted by Gasteiger charge is 2.25. The first kappa shape index (κ1) is 18.3. The molecule has 0 spiro atoms. The van der Waals surface area contributed by atoms with Crippen molar-refractivity contribution in [3.8, 4) is 17.0 Å². The second-order valence-corrected chi connectivity index (χ2v) is 8.97. The molecule has 0 aliphatic carbocycles. The van der Waals surface area contributed by atoms with Gasteiger partial charge in [-0.2, -0.15) is 0 Å². The number of nitrogens with zero attached hydrogens (tertiary/aromatic N) is 3. The summed E-state index contributed by atoms with van der Waals surface area (Å²) in [5.74, 6) is 0.239. The molecule has 0 radical (unpaired) electrons. The summed E-state index contributed by atoms with van der Waals surface area (Å²) in [6, 6.07) is 3.13. The fraction of sp³-hybridized carbons (Fsp3) is 0.333. The van der Waals surface area contributed by atoms with Gasteiger partial charge >= 0.3 is 0 Å². The van der Waals surface area contributed by atoms with E-state index in [2.05, 4.69) is 15.3 Å². The van der Waals surface area contributed by atoms with Crippen molar-refractivity contribution < 1.29 is 13.3 Å². The molecule has 26 heavy (non-hydrogen) atoms. The van der Waals surface area contributed by atoms with E-state index in [1.807, 2.05) is 20.8 Å². The molecule has 3 aromatic heterocycles. The van der Waals surface area contributed by atoms with Crippen LogP contribution >= 0.6 is 0 Å². The van der Waals surface area contributed by atoms with Crippen LogP contribution in [0.1, 0.15) is 20.8 Å². The number of halogens is 1. The van der Waals surface area contributed by atoms with Crippen LogP contribution in [0, 0.1) is 5.82 Å². The van der Waals surface area contributed by atoms with Gasteiger partial charge in [0.25, 0.3) is 0 Å². The lowest BCUT2D eigenvalue weighted by molar-refractivity contribution is 0.403. The van der Waals surface area contributed by atoms with Gasteiger partial charge in [0, 0.05) is 35.8 Å². The van der Waals surface area contributed by atoms with Gasteiger partial charge in [0.1, 0.15) is 11.4 Å². The number of anilines is 1. The molecular formula is C18H21FN4O2S. The third-order valence-corrected chi connectivity index (χ3v) is 5.74. The molecule has 0 aromatic carbocycles. The maximum absolute atomic E-state index is 14.1. The van der Waals surface area contributed by atoms with Crippen LogP contribution in [0.3, 0.4) is 0 Å². The summed E-state index contributed by atoms with van der Waals surface area (Å²) in [5, 5.41) is 2.70. The lowest BCUT2D eigenvalue weighted by Gasteiger charge is -2.20. The van der Waals surface area contributed by atoms with Gasteiger partial charge in [-0.25, -0.2) is 14.4 Å². The Kier molecular flexibility index (Phi) is 4.70. The Morgan fingerprint density at radius 2 is 1.96 bits per heavy atom. The standard InChI is InChI=1S/C18H21FN4O2S/c1-18(2,3)26(24)15-10-23-13(9-21-16(23)7-14(15)25-5)11-6-12(19)17(20-4)22-8-11/h6-10H,1-5H3,(H,20,22). The average molecular weight is 376 g/mol. The molecule has 6 nitrogen and oxygen atoms in total. The van der Waals surface area contributed by atoms with Gasteiger partial charge in [0.05, 0.1) is 34.7 Å². The minimum absolute atomic E-state index is 0.179. The van der Waals surface area contributed by atoms with Crippen LogP contribution in [-0.2, 0) is 10.8 Å². The van der Waals surface area contributed by atoms with Crippen molar-refractivity contribution in [1.29, 1.82) is 0 Å². The van der Waals surface area contributed by atoms with E-state index >= 15 is 0 Å². The van der Waals surface area contributed by atoms with Gasteiger partial charge in [0.2, 0.25) is 0 Å². The highest BCUT2D eigenvalue weighted by Crippen LogP contribution is 2.32. The van der Waals surface area contributed by atoms with Crippen LogP contribution in [0.4, 0.5) is 10.2 Å². The highest BCUT2D eigenvalue weighted by atomic mass is 32.2. The Hall–Kier alpha value is -2.48. The van der Waals surface area contributed by atoms with Crippen molar-refractivity contribution in [3.05, 3.63) is 36.5 Å². The number of rotatable bonds is 4. The quantitative estimate of drug-likeness (QED) is 0.755. The maximum atomic E-state index is 14.1. The van der Waals surface area contributed by atoms with E-state index < -0.39 is 21.4 Å². The number of methoxy groups -OCH3 is 1. The van der Waals surface area contributed by atoms with Crippen molar-refractivity contribution in [2.45, 2.75) is 30.4 Å². The van der Waals surface area contributed by atoms with Gasteiger partial charge in [0.15, 0.2) is 11.6 Å². The molecule has 3 heterocycles. The minimum atomic E-state index is -1.30. The van der Waals surface area contributed by atoms with Crippen LogP contribution < -0.4 is 10.1 Å². The van der Waals surface area contributed by atoms with E-state index in [1.54, 1.807) is 36.1 Å². The zero-order valence-corrected chi connectivity index (χ0v) is 16.1. The number of nitrogens with one attached hydrogen (secondary N) is 1. The first-order valence-electron chi connectivity index (χ1n) is 8.07. The fourth-order valence-corrected chi connectivity index (χ4v) is 3.78. The molecule has 0 saturated carbocycles. The molecule has 1 unspecified atom stereocenters. The molecule has 138 valence electrons. The summed E-state index contributed by atoms with van der Waals surface area (Å²) in [5.41, 5.74) is 1.85. The number of hydrogen-bond donors (Lipinski definition) is 1. The fourth-order valence-electron chi connectivity index (χ4n) is 2.59. The van der Waals surface area contributed by atoms with Crippen LogP contribution in [-0.4, -0.2) is 37.5 Å². The largest absolute Gasteiger partial charge is 0.495 e. The lowest BCUT2D eigenvalue weighted by atomic mass is 10.2. The molecule has 0 saturated heterocycles. The van der Waals surface area contributed by atoms with Crippen LogP contribution in [0.2, 0.25) is 0 Å². The molecule has 8 heteroatoms. The van der Waals surface area contributed by atoms with Gasteiger partial charge in [-0.1, -0.05) is 0 Å². The van der Waals surface area contributed by atoms with Gasteiger partial charge < -0.3 is 10.1 Å². The minimum Gasteiger partial charge on any atom is -0.495 e. The van der Waals surface area contributed by atoms with Gasteiger partial charge in [-0.05, 0) is 26.8 Å². The van der Waals surface area contributed by atoms with Crippen molar-refractivity contribution >= 4 is 22.3 Å². The lowest BCUT2D eigenvalue weighted by Crippen LogP contribution is -2.22. The van der Waals surface area contributed by atoms with E-state index in [1.165, 1.54) is 13.2 Å². The number of aromatic nitrogens is 3. The van der Waals surface area contributed by atoms with E-state index in [-0.39, 0.29) is 5.82 Å². The average Bonchev–Trinajstić information content (AvgIpc) is 3.01. The number of imidazole rings is 1. The van der Waals surface area contributed by atoms with Crippen molar-refractivity contribution in [1.82, 2.24) is 14.4 Å². The number of ether oxygens (including phenoxy) is 1. The smallest absolute Gasteiger partial charge is 0.166 e. The summed E-state index contributed by atoms with van der Waals surface area (Å²) in [4.78, 5) is 9.00. The second-order valence-electron chi connectivity index (χ2n) is 6.76. The molecule has 0 amide bonds. The van der Waals surface area contributed by atoms with Crippen molar-refractivity contribution in [2.75, 3.05) is 19.5 Å². The Labute approximate surface area is 153 Å². The summed E-state index contributed by atoms with van der Waals surface area (Å²) < 4.78 is 33.7. The SMILES string of the molecule is CNc1ncc(-c2cnc3cc(OC)c(S(=O)C(C)(C)C)cn23)cc1F. The summed E-state index contributed by atoms with van der Waals surface area (Å²) in [7, 11) is 1.85. The molecule has 3 aromatic rings. The number of hydrogen-bond acceptors (Lipinski definition) is 5. The zero-order chi connectivity index (χ0) is 19.1. The number of pyridine rings is 2. The maximum Gasteiger partial charge on any atom is 0.166 e. The van der Waals surface area contributed by atoms with E-state index in [4.69, 9.17) is 4.74 Å². The molecule has 0 bridgehead atoms. The Bertz CT molecular complexity index is 995. The molecule has 3 rings (SSSR count). The van der Waals surface area contributed by atoms with Gasteiger partial charge in [-0.15, -0.1) is 0 Å². The summed E-state index contributed by atoms with van der Waals surface area (Å²) in [6.07, 6.45) is 4.94. The predicted molar refractivity (Wildman–Crippen MR) is 101 cm³/mol.